The highest BCUT2D eigenvalue weighted by Gasteiger charge is 2.22. The van der Waals surface area contributed by atoms with E-state index in [1.807, 2.05) is 57.4 Å². The van der Waals surface area contributed by atoms with Gasteiger partial charge in [-0.3, -0.25) is 9.67 Å². The average Bonchev–Trinajstić information content (AvgIpc) is 3.35. The average molecular weight is 568 g/mol. The molecule has 0 saturated carbocycles. The van der Waals surface area contributed by atoms with Gasteiger partial charge in [-0.1, -0.05) is 44.2 Å². The molecule has 8 heteroatoms. The summed E-state index contributed by atoms with van der Waals surface area (Å²) in [6.07, 6.45) is 3.95. The molecule has 0 spiro atoms. The molecule has 3 heterocycles. The number of pyridine rings is 1. The number of nitrogens with one attached hydrogen (secondary N) is 2. The predicted octanol–water partition coefficient (Wildman–Crippen LogP) is 6.48. The van der Waals surface area contributed by atoms with E-state index in [2.05, 4.69) is 64.5 Å². The Balaban J connectivity index is 1.28. The monoisotopic (exact) mass is 567 g/mol. The minimum atomic E-state index is -0.514. The second kappa shape index (κ2) is 12.8. The fraction of sp³-hybridized carbons (Fsp3) is 0.382. The number of carbonyl (C=O) groups excluding carboxylic acids is 1. The molecule has 0 saturated heterocycles. The third-order valence-corrected chi connectivity index (χ3v) is 7.24. The zero-order valence-corrected chi connectivity index (χ0v) is 25.2. The van der Waals surface area contributed by atoms with Gasteiger partial charge in [-0.15, -0.1) is 0 Å². The zero-order chi connectivity index (χ0) is 29.7. The first kappa shape index (κ1) is 29.3. The Morgan fingerprint density at radius 2 is 1.81 bits per heavy atom. The lowest BCUT2D eigenvalue weighted by atomic mass is 9.93. The lowest BCUT2D eigenvalue weighted by Crippen LogP contribution is -2.33. The number of benzene rings is 2. The lowest BCUT2D eigenvalue weighted by molar-refractivity contribution is 0.0528. The minimum absolute atomic E-state index is 0.380. The first-order valence-corrected chi connectivity index (χ1v) is 14.7. The van der Waals surface area contributed by atoms with Crippen molar-refractivity contribution in [2.24, 2.45) is 0 Å². The van der Waals surface area contributed by atoms with E-state index < -0.39 is 11.7 Å². The van der Waals surface area contributed by atoms with Gasteiger partial charge in [0.15, 0.2) is 0 Å². The molecule has 0 aliphatic carbocycles. The summed E-state index contributed by atoms with van der Waals surface area (Å²) >= 11 is 0. The molecule has 5 rings (SSSR count). The third-order valence-electron chi connectivity index (χ3n) is 7.24. The van der Waals surface area contributed by atoms with Crippen molar-refractivity contribution in [3.05, 3.63) is 89.4 Å². The number of alkyl carbamates (subject to hydrolysis) is 1. The SMILES string of the molecule is CC(C)c1ccc(COc2ccc(-c3c(-c4ccncc4)nn4c3CNCC4)cc2)cc1CCNC(=O)OC(C)(C)C. The summed E-state index contributed by atoms with van der Waals surface area (Å²) in [5.74, 6) is 1.19. The fourth-order valence-electron chi connectivity index (χ4n) is 5.29. The molecule has 42 heavy (non-hydrogen) atoms. The molecule has 0 atom stereocenters. The van der Waals surface area contributed by atoms with Crippen LogP contribution in [0.3, 0.4) is 0 Å². The van der Waals surface area contributed by atoms with Gasteiger partial charge in [0.2, 0.25) is 0 Å². The topological polar surface area (TPSA) is 90.3 Å². The summed E-state index contributed by atoms with van der Waals surface area (Å²) in [7, 11) is 0. The normalized spacial score (nSPS) is 13.1. The van der Waals surface area contributed by atoms with Gasteiger partial charge in [0.25, 0.3) is 0 Å². The smallest absolute Gasteiger partial charge is 0.407 e. The summed E-state index contributed by atoms with van der Waals surface area (Å²) in [6.45, 7) is 13.5. The summed E-state index contributed by atoms with van der Waals surface area (Å²) in [5, 5.41) is 11.3. The van der Waals surface area contributed by atoms with Gasteiger partial charge in [0.05, 0.1) is 12.2 Å². The van der Waals surface area contributed by atoms with E-state index in [9.17, 15) is 4.79 Å². The maximum atomic E-state index is 12.1. The van der Waals surface area contributed by atoms with Crippen LogP contribution < -0.4 is 15.4 Å². The van der Waals surface area contributed by atoms with Crippen LogP contribution in [0.5, 0.6) is 5.75 Å². The minimum Gasteiger partial charge on any atom is -0.489 e. The van der Waals surface area contributed by atoms with Crippen molar-refractivity contribution in [3.63, 3.8) is 0 Å². The van der Waals surface area contributed by atoms with Crippen molar-refractivity contribution < 1.29 is 14.3 Å². The van der Waals surface area contributed by atoms with Crippen LogP contribution >= 0.6 is 0 Å². The molecule has 0 unspecified atom stereocenters. The number of hydrogen-bond donors (Lipinski definition) is 2. The molecule has 0 bridgehead atoms. The fourth-order valence-corrected chi connectivity index (χ4v) is 5.29. The van der Waals surface area contributed by atoms with Crippen molar-refractivity contribution in [1.82, 2.24) is 25.4 Å². The number of fused-ring (bicyclic) bond motifs is 1. The maximum Gasteiger partial charge on any atom is 0.407 e. The zero-order valence-electron chi connectivity index (χ0n) is 25.2. The second-order valence-corrected chi connectivity index (χ2v) is 12.0. The van der Waals surface area contributed by atoms with Gasteiger partial charge in [0.1, 0.15) is 23.7 Å². The van der Waals surface area contributed by atoms with Gasteiger partial charge in [-0.25, -0.2) is 4.79 Å². The molecule has 1 aliphatic heterocycles. The number of amides is 1. The molecular formula is C34H41N5O3. The van der Waals surface area contributed by atoms with Gasteiger partial charge in [-0.05, 0) is 79.6 Å². The standard InChI is InChI=1S/C34H41N5O3/c1-23(2)29-11-6-24(20-27(29)14-17-37-33(40)42-34(3,4)5)22-41-28-9-7-25(8-10-28)31-30-21-36-18-19-39(30)38-32(31)26-12-15-35-16-13-26/h6-13,15-16,20,23,36H,14,17-19,21-22H2,1-5H3,(H,37,40). The highest BCUT2D eigenvalue weighted by molar-refractivity contribution is 5.83. The predicted molar refractivity (Wildman–Crippen MR) is 165 cm³/mol. The lowest BCUT2D eigenvalue weighted by Gasteiger charge is -2.20. The van der Waals surface area contributed by atoms with Crippen LogP contribution in [0.4, 0.5) is 4.79 Å². The van der Waals surface area contributed by atoms with Crippen LogP contribution in [0.1, 0.15) is 62.9 Å². The number of carbonyl (C=O) groups is 1. The number of ether oxygens (including phenoxy) is 2. The van der Waals surface area contributed by atoms with Crippen LogP contribution in [-0.2, 0) is 30.9 Å². The summed E-state index contributed by atoms with van der Waals surface area (Å²) in [4.78, 5) is 16.3. The summed E-state index contributed by atoms with van der Waals surface area (Å²) in [6, 6.07) is 18.8. The molecule has 220 valence electrons. The number of aromatic nitrogens is 3. The Morgan fingerprint density at radius 3 is 2.52 bits per heavy atom. The van der Waals surface area contributed by atoms with E-state index in [-0.39, 0.29) is 0 Å². The summed E-state index contributed by atoms with van der Waals surface area (Å²) < 4.78 is 13.7. The summed E-state index contributed by atoms with van der Waals surface area (Å²) in [5.41, 5.74) is 8.55. The molecular weight excluding hydrogens is 526 g/mol. The molecule has 4 aromatic rings. The molecule has 2 aromatic carbocycles. The number of hydrogen-bond acceptors (Lipinski definition) is 6. The van der Waals surface area contributed by atoms with E-state index in [1.165, 1.54) is 16.8 Å². The Morgan fingerprint density at radius 1 is 1.05 bits per heavy atom. The van der Waals surface area contributed by atoms with Crippen molar-refractivity contribution in [2.75, 3.05) is 13.1 Å². The van der Waals surface area contributed by atoms with Crippen LogP contribution in [0.25, 0.3) is 22.4 Å². The molecule has 0 fully saturated rings. The quantitative estimate of drug-likeness (QED) is 0.240. The van der Waals surface area contributed by atoms with Crippen LogP contribution in [0.2, 0.25) is 0 Å². The van der Waals surface area contributed by atoms with E-state index in [0.29, 0.717) is 19.1 Å². The highest BCUT2D eigenvalue weighted by atomic mass is 16.6. The molecule has 8 nitrogen and oxygen atoms in total. The first-order chi connectivity index (χ1) is 20.2. The molecule has 1 amide bonds. The van der Waals surface area contributed by atoms with E-state index in [4.69, 9.17) is 14.6 Å². The van der Waals surface area contributed by atoms with Gasteiger partial charge in [-0.2, -0.15) is 5.10 Å². The van der Waals surface area contributed by atoms with Crippen molar-refractivity contribution in [2.45, 2.75) is 72.3 Å². The maximum absolute atomic E-state index is 12.1. The van der Waals surface area contributed by atoms with Crippen LogP contribution in [-0.4, -0.2) is 39.5 Å². The molecule has 1 aliphatic rings. The third kappa shape index (κ3) is 7.18. The van der Waals surface area contributed by atoms with Crippen LogP contribution in [0, 0.1) is 0 Å². The molecule has 0 radical (unpaired) electrons. The number of nitrogens with zero attached hydrogens (tertiary/aromatic N) is 3. The van der Waals surface area contributed by atoms with Crippen molar-refractivity contribution >= 4 is 6.09 Å². The Bertz CT molecular complexity index is 1500. The molecule has 2 N–H and O–H groups in total. The Kier molecular flexibility index (Phi) is 8.92. The molecule has 2 aromatic heterocycles. The van der Waals surface area contributed by atoms with E-state index in [1.54, 1.807) is 0 Å². The first-order valence-electron chi connectivity index (χ1n) is 14.7. The van der Waals surface area contributed by atoms with Gasteiger partial charge in [0, 0.05) is 43.2 Å². The van der Waals surface area contributed by atoms with Crippen LogP contribution in [0.15, 0.2) is 67.0 Å². The second-order valence-electron chi connectivity index (χ2n) is 12.0. The number of rotatable bonds is 9. The van der Waals surface area contributed by atoms with Crippen molar-refractivity contribution in [1.29, 1.82) is 0 Å². The van der Waals surface area contributed by atoms with Crippen molar-refractivity contribution in [3.8, 4) is 28.1 Å². The van der Waals surface area contributed by atoms with Gasteiger partial charge >= 0.3 is 6.09 Å². The highest BCUT2D eigenvalue weighted by Crippen LogP contribution is 2.36. The largest absolute Gasteiger partial charge is 0.489 e. The Hall–Kier alpha value is -4.17. The van der Waals surface area contributed by atoms with E-state index >= 15 is 0 Å². The van der Waals surface area contributed by atoms with E-state index in [0.717, 1.165) is 59.8 Å². The Labute approximate surface area is 248 Å². The van der Waals surface area contributed by atoms with Gasteiger partial charge < -0.3 is 20.1 Å².